The summed E-state index contributed by atoms with van der Waals surface area (Å²) in [4.78, 5) is 11.9. The molecule has 2 rings (SSSR count). The minimum absolute atomic E-state index is 0.176. The van der Waals surface area contributed by atoms with Gasteiger partial charge in [-0.05, 0) is 46.6 Å². The van der Waals surface area contributed by atoms with E-state index in [9.17, 15) is 4.79 Å². The van der Waals surface area contributed by atoms with Crippen LogP contribution in [-0.4, -0.2) is 5.91 Å². The number of amides is 1. The Morgan fingerprint density at radius 1 is 1.28 bits per heavy atom. The highest BCUT2D eigenvalue weighted by molar-refractivity contribution is 9.10. The third kappa shape index (κ3) is 2.71. The summed E-state index contributed by atoms with van der Waals surface area (Å²) in [5.41, 5.74) is 1.22. The van der Waals surface area contributed by atoms with E-state index in [1.807, 2.05) is 6.92 Å². The van der Waals surface area contributed by atoms with Crippen molar-refractivity contribution in [3.05, 3.63) is 50.3 Å². The predicted octanol–water partition coefficient (Wildman–Crippen LogP) is 4.91. The third-order valence-corrected chi connectivity index (χ3v) is 3.55. The average molecular weight is 349 g/mol. The number of carbonyl (C=O) groups excluding carboxylic acids is 1. The number of hydrogen-bond donors (Lipinski definition) is 1. The molecule has 0 unspecified atom stereocenters. The van der Waals surface area contributed by atoms with Crippen molar-refractivity contribution in [2.24, 2.45) is 0 Å². The van der Waals surface area contributed by atoms with E-state index in [0.717, 1.165) is 5.56 Å². The van der Waals surface area contributed by atoms with Crippen molar-refractivity contribution in [1.82, 2.24) is 0 Å². The highest BCUT2D eigenvalue weighted by atomic mass is 79.9. The fourth-order valence-corrected chi connectivity index (χ4v) is 2.15. The van der Waals surface area contributed by atoms with Gasteiger partial charge in [0, 0.05) is 0 Å². The van der Waals surface area contributed by atoms with Crippen molar-refractivity contribution in [1.29, 1.82) is 0 Å². The summed E-state index contributed by atoms with van der Waals surface area (Å²) in [7, 11) is 0. The summed E-state index contributed by atoms with van der Waals surface area (Å²) < 4.78 is 5.63. The summed E-state index contributed by atoms with van der Waals surface area (Å²) in [5, 5.41) is 3.43. The van der Waals surface area contributed by atoms with Crippen LogP contribution in [0.1, 0.15) is 16.1 Å². The van der Waals surface area contributed by atoms with Crippen LogP contribution in [0.4, 0.5) is 5.69 Å². The fourth-order valence-electron chi connectivity index (χ4n) is 1.38. The minimum atomic E-state index is -0.407. The van der Waals surface area contributed by atoms with Gasteiger partial charge in [0.2, 0.25) is 0 Å². The van der Waals surface area contributed by atoms with E-state index in [0.29, 0.717) is 20.4 Å². The lowest BCUT2D eigenvalue weighted by molar-refractivity contribution is 0.0995. The van der Waals surface area contributed by atoms with Crippen LogP contribution in [0.25, 0.3) is 0 Å². The van der Waals surface area contributed by atoms with Crippen LogP contribution in [-0.2, 0) is 0 Å². The molecule has 0 saturated heterocycles. The average Bonchev–Trinajstić information content (AvgIpc) is 2.76. The van der Waals surface area contributed by atoms with E-state index >= 15 is 0 Å². The lowest BCUT2D eigenvalue weighted by Gasteiger charge is -2.09. The third-order valence-electron chi connectivity index (χ3n) is 2.32. The molecule has 0 saturated carbocycles. The number of rotatable bonds is 2. The molecule has 18 heavy (non-hydrogen) atoms. The Morgan fingerprint density at radius 3 is 2.61 bits per heavy atom. The van der Waals surface area contributed by atoms with Crippen molar-refractivity contribution in [3.63, 3.8) is 0 Å². The van der Waals surface area contributed by atoms with Gasteiger partial charge in [-0.15, -0.1) is 0 Å². The van der Waals surface area contributed by atoms with Crippen LogP contribution in [0, 0.1) is 6.92 Å². The second kappa shape index (κ2) is 5.34. The first-order valence-corrected chi connectivity index (χ1v) is 6.55. The van der Waals surface area contributed by atoms with Gasteiger partial charge in [-0.25, -0.2) is 0 Å². The second-order valence-electron chi connectivity index (χ2n) is 3.61. The van der Waals surface area contributed by atoms with Gasteiger partial charge < -0.3 is 9.73 Å². The Labute approximate surface area is 122 Å². The van der Waals surface area contributed by atoms with Gasteiger partial charge in [0.25, 0.3) is 5.91 Å². The molecule has 0 radical (unpaired) electrons. The van der Waals surface area contributed by atoms with E-state index < -0.39 is 5.91 Å². The first-order valence-electron chi connectivity index (χ1n) is 5.00. The van der Waals surface area contributed by atoms with Gasteiger partial charge in [-0.2, -0.15) is 0 Å². The minimum Gasteiger partial charge on any atom is -0.444 e. The predicted molar refractivity (Wildman–Crippen MR) is 75.6 cm³/mol. The van der Waals surface area contributed by atoms with Crippen molar-refractivity contribution in [2.75, 3.05) is 5.32 Å². The molecule has 1 aromatic carbocycles. The van der Waals surface area contributed by atoms with E-state index in [-0.39, 0.29) is 5.76 Å². The zero-order valence-corrected chi connectivity index (χ0v) is 12.4. The molecule has 3 nitrogen and oxygen atoms in total. The maximum absolute atomic E-state index is 11.9. The monoisotopic (exact) mass is 347 g/mol. The molecule has 0 atom stereocenters. The number of halogens is 3. The maximum atomic E-state index is 11.9. The van der Waals surface area contributed by atoms with Crippen molar-refractivity contribution >= 4 is 50.7 Å². The molecular formula is C12H8BrCl2NO2. The van der Waals surface area contributed by atoms with Gasteiger partial charge in [0.1, 0.15) is 0 Å². The molecular weight excluding hydrogens is 341 g/mol. The summed E-state index contributed by atoms with van der Waals surface area (Å²) in [6, 6.07) is 6.64. The Morgan fingerprint density at radius 2 is 2.00 bits per heavy atom. The number of hydrogen-bond acceptors (Lipinski definition) is 2. The fraction of sp³-hybridized carbons (Fsp3) is 0.0833. The number of nitrogens with one attached hydrogen (secondary N) is 1. The van der Waals surface area contributed by atoms with E-state index in [4.69, 9.17) is 27.6 Å². The van der Waals surface area contributed by atoms with Crippen LogP contribution in [0.2, 0.25) is 10.0 Å². The van der Waals surface area contributed by atoms with Crippen LogP contribution in [0.5, 0.6) is 0 Å². The lowest BCUT2D eigenvalue weighted by atomic mass is 10.2. The van der Waals surface area contributed by atoms with E-state index in [2.05, 4.69) is 21.2 Å². The molecule has 2 aromatic rings. The molecule has 1 N–H and O–H groups in total. The molecule has 1 amide bonds. The molecule has 0 bridgehead atoms. The van der Waals surface area contributed by atoms with Gasteiger partial charge in [0.05, 0.1) is 15.7 Å². The molecule has 1 heterocycles. The SMILES string of the molecule is Cc1ccc(Cl)c(NC(=O)c2ccc(Br)o2)c1Cl. The van der Waals surface area contributed by atoms with Crippen LogP contribution in [0.3, 0.4) is 0 Å². The van der Waals surface area contributed by atoms with Gasteiger partial charge in [0.15, 0.2) is 10.4 Å². The van der Waals surface area contributed by atoms with Crippen LogP contribution in [0.15, 0.2) is 33.4 Å². The molecule has 0 spiro atoms. The quantitative estimate of drug-likeness (QED) is 0.837. The lowest BCUT2D eigenvalue weighted by Crippen LogP contribution is -2.11. The van der Waals surface area contributed by atoms with Crippen molar-refractivity contribution in [2.45, 2.75) is 6.92 Å². The Balaban J connectivity index is 2.30. The molecule has 0 fully saturated rings. The molecule has 0 aliphatic rings. The number of carbonyl (C=O) groups is 1. The summed E-state index contributed by atoms with van der Waals surface area (Å²) in [5.74, 6) is -0.231. The molecule has 6 heteroatoms. The van der Waals surface area contributed by atoms with E-state index in [1.165, 1.54) is 0 Å². The zero-order chi connectivity index (χ0) is 13.3. The van der Waals surface area contributed by atoms with Gasteiger partial charge in [-0.3, -0.25) is 4.79 Å². The molecule has 94 valence electrons. The largest absolute Gasteiger partial charge is 0.444 e. The molecule has 0 aliphatic carbocycles. The highest BCUT2D eigenvalue weighted by Gasteiger charge is 2.15. The number of benzene rings is 1. The summed E-state index contributed by atoms with van der Waals surface area (Å²) in [6.45, 7) is 1.83. The second-order valence-corrected chi connectivity index (χ2v) is 5.18. The summed E-state index contributed by atoms with van der Waals surface area (Å²) in [6.07, 6.45) is 0. The first kappa shape index (κ1) is 13.5. The summed E-state index contributed by atoms with van der Waals surface area (Å²) >= 11 is 15.2. The van der Waals surface area contributed by atoms with Crippen LogP contribution >= 0.6 is 39.1 Å². The first-order chi connectivity index (χ1) is 8.49. The zero-order valence-electron chi connectivity index (χ0n) is 9.26. The Kier molecular flexibility index (Phi) is 4.00. The topological polar surface area (TPSA) is 42.2 Å². The molecule has 0 aliphatic heterocycles. The normalized spacial score (nSPS) is 10.4. The number of anilines is 1. The van der Waals surface area contributed by atoms with Crippen LogP contribution < -0.4 is 5.32 Å². The van der Waals surface area contributed by atoms with Gasteiger partial charge in [-0.1, -0.05) is 29.3 Å². The Bertz CT molecular complexity index is 610. The number of furan rings is 1. The van der Waals surface area contributed by atoms with E-state index in [1.54, 1.807) is 24.3 Å². The maximum Gasteiger partial charge on any atom is 0.291 e. The smallest absolute Gasteiger partial charge is 0.291 e. The Hall–Kier alpha value is -0.970. The standard InChI is InChI=1S/C12H8BrCl2NO2/c1-6-2-3-7(14)11(10(6)15)16-12(17)8-4-5-9(13)18-8/h2-5H,1H3,(H,16,17). The van der Waals surface area contributed by atoms with Crippen molar-refractivity contribution < 1.29 is 9.21 Å². The number of aryl methyl sites for hydroxylation is 1. The highest BCUT2D eigenvalue weighted by Crippen LogP contribution is 2.33. The van der Waals surface area contributed by atoms with Crippen molar-refractivity contribution in [3.8, 4) is 0 Å². The molecule has 1 aromatic heterocycles. The van der Waals surface area contributed by atoms with Gasteiger partial charge >= 0.3 is 0 Å².